The summed E-state index contributed by atoms with van der Waals surface area (Å²) in [5.74, 6) is 0. The molecule has 1 fully saturated rings. The van der Waals surface area contributed by atoms with Crippen molar-refractivity contribution in [2.24, 2.45) is 0 Å². The zero-order chi connectivity index (χ0) is 18.9. The molecule has 0 saturated carbocycles. The third kappa shape index (κ3) is 3.85. The van der Waals surface area contributed by atoms with Crippen molar-refractivity contribution in [3.05, 3.63) is 40.9 Å². The van der Waals surface area contributed by atoms with Crippen molar-refractivity contribution in [2.45, 2.75) is 30.6 Å². The van der Waals surface area contributed by atoms with Crippen molar-refractivity contribution in [1.29, 1.82) is 0 Å². The number of hydrogen-bond donors (Lipinski definition) is 1. The number of amides is 2. The average molecular weight is 407 g/mol. The van der Waals surface area contributed by atoms with Crippen LogP contribution in [0.25, 0.3) is 0 Å². The van der Waals surface area contributed by atoms with Gasteiger partial charge in [0.05, 0.1) is 10.6 Å². The lowest BCUT2D eigenvalue weighted by atomic mass is 10.0. The molecule has 1 N–H and O–H groups in total. The Morgan fingerprint density at radius 1 is 1.04 bits per heavy atom. The number of anilines is 1. The minimum atomic E-state index is -3.51. The highest BCUT2D eigenvalue weighted by molar-refractivity contribution is 7.89. The Balaban J connectivity index is 1.36. The molecule has 0 unspecified atom stereocenters. The molecule has 1 aliphatic heterocycles. The highest BCUT2D eigenvalue weighted by Crippen LogP contribution is 2.29. The van der Waals surface area contributed by atoms with Crippen LogP contribution < -0.4 is 5.32 Å². The van der Waals surface area contributed by atoms with Gasteiger partial charge in [0.15, 0.2) is 5.13 Å². The number of aromatic nitrogens is 1. The number of sulfonamides is 1. The van der Waals surface area contributed by atoms with Gasteiger partial charge in [-0.2, -0.15) is 4.31 Å². The number of piperazine rings is 1. The molecular weight excluding hydrogens is 384 g/mol. The van der Waals surface area contributed by atoms with Crippen LogP contribution >= 0.6 is 11.3 Å². The van der Waals surface area contributed by atoms with E-state index in [1.807, 2.05) is 0 Å². The maximum Gasteiger partial charge on any atom is 0.323 e. The highest BCUT2D eigenvalue weighted by atomic mass is 32.2. The summed E-state index contributed by atoms with van der Waals surface area (Å²) in [6, 6.07) is 8.20. The van der Waals surface area contributed by atoms with Crippen LogP contribution in [0.1, 0.15) is 23.4 Å². The van der Waals surface area contributed by atoms with Gasteiger partial charge in [0.25, 0.3) is 0 Å². The van der Waals surface area contributed by atoms with Crippen molar-refractivity contribution in [3.8, 4) is 0 Å². The van der Waals surface area contributed by atoms with Crippen molar-refractivity contribution in [1.82, 2.24) is 14.2 Å². The minimum absolute atomic E-state index is 0.210. The van der Waals surface area contributed by atoms with E-state index in [2.05, 4.69) is 10.3 Å². The first-order chi connectivity index (χ1) is 13.0. The fourth-order valence-electron chi connectivity index (χ4n) is 3.45. The van der Waals surface area contributed by atoms with Crippen LogP contribution in [0.3, 0.4) is 0 Å². The number of thiazole rings is 1. The molecule has 0 spiro atoms. The van der Waals surface area contributed by atoms with E-state index in [4.69, 9.17) is 0 Å². The van der Waals surface area contributed by atoms with E-state index < -0.39 is 10.0 Å². The molecule has 1 aromatic heterocycles. The van der Waals surface area contributed by atoms with Gasteiger partial charge in [-0.05, 0) is 37.8 Å². The van der Waals surface area contributed by atoms with Crippen LogP contribution in [0.4, 0.5) is 9.93 Å². The van der Waals surface area contributed by atoms with Crippen molar-refractivity contribution >= 4 is 32.5 Å². The molecule has 7 nitrogen and oxygen atoms in total. The molecule has 9 heteroatoms. The molecule has 2 aliphatic rings. The summed E-state index contributed by atoms with van der Waals surface area (Å²) < 4.78 is 26.8. The molecule has 0 atom stereocenters. The Morgan fingerprint density at radius 3 is 2.44 bits per heavy atom. The summed E-state index contributed by atoms with van der Waals surface area (Å²) in [6.45, 7) is 1.31. The monoisotopic (exact) mass is 406 g/mol. The second kappa shape index (κ2) is 7.57. The second-order valence-corrected chi connectivity index (χ2v) is 9.75. The van der Waals surface area contributed by atoms with Gasteiger partial charge in [-0.15, -0.1) is 11.3 Å². The molecule has 2 amide bonds. The van der Waals surface area contributed by atoms with Gasteiger partial charge >= 0.3 is 6.03 Å². The van der Waals surface area contributed by atoms with E-state index in [1.165, 1.54) is 15.6 Å². The van der Waals surface area contributed by atoms with Gasteiger partial charge in [0.2, 0.25) is 10.0 Å². The Labute approximate surface area is 163 Å². The molecule has 1 saturated heterocycles. The maximum absolute atomic E-state index is 12.7. The third-order valence-electron chi connectivity index (χ3n) is 4.97. The van der Waals surface area contributed by atoms with E-state index >= 15 is 0 Å². The third-order valence-corrected chi connectivity index (χ3v) is 7.95. The number of aryl methyl sites for hydroxylation is 2. The van der Waals surface area contributed by atoms with E-state index in [9.17, 15) is 13.2 Å². The smallest absolute Gasteiger partial charge is 0.322 e. The largest absolute Gasteiger partial charge is 0.323 e. The lowest BCUT2D eigenvalue weighted by Gasteiger charge is -2.33. The van der Waals surface area contributed by atoms with Crippen molar-refractivity contribution in [2.75, 3.05) is 31.5 Å². The molecule has 2 aromatic rings. The number of nitrogens with zero attached hydrogens (tertiary/aromatic N) is 3. The van der Waals surface area contributed by atoms with Crippen molar-refractivity contribution in [3.63, 3.8) is 0 Å². The molecule has 27 heavy (non-hydrogen) atoms. The summed E-state index contributed by atoms with van der Waals surface area (Å²) in [5, 5.41) is 3.53. The summed E-state index contributed by atoms with van der Waals surface area (Å²) in [6.07, 6.45) is 4.36. The van der Waals surface area contributed by atoms with E-state index in [0.717, 1.165) is 25.0 Å². The summed E-state index contributed by atoms with van der Waals surface area (Å²) in [7, 11) is -3.51. The number of urea groups is 1. The first-order valence-electron chi connectivity index (χ1n) is 9.14. The van der Waals surface area contributed by atoms with Gasteiger partial charge in [-0.1, -0.05) is 18.2 Å². The number of nitrogens with one attached hydrogen (secondary N) is 1. The van der Waals surface area contributed by atoms with Crippen LogP contribution in [0, 0.1) is 0 Å². The van der Waals surface area contributed by atoms with Gasteiger partial charge in [0, 0.05) is 31.1 Å². The summed E-state index contributed by atoms with van der Waals surface area (Å²) in [5.41, 5.74) is 1.11. The molecule has 4 rings (SSSR count). The fourth-order valence-corrected chi connectivity index (χ4v) is 5.93. The van der Waals surface area contributed by atoms with E-state index in [1.54, 1.807) is 46.6 Å². The van der Waals surface area contributed by atoms with Gasteiger partial charge < -0.3 is 4.90 Å². The number of carbonyl (C=O) groups excluding carboxylic acids is 1. The molecule has 144 valence electrons. The van der Waals surface area contributed by atoms with E-state index in [0.29, 0.717) is 31.3 Å². The van der Waals surface area contributed by atoms with Crippen LogP contribution in [0.5, 0.6) is 0 Å². The fraction of sp³-hybridized carbons (Fsp3) is 0.444. The van der Waals surface area contributed by atoms with Crippen molar-refractivity contribution < 1.29 is 13.2 Å². The first-order valence-corrected chi connectivity index (χ1v) is 11.4. The molecule has 2 heterocycles. The molecular formula is C18H22N4O3S2. The number of fused-ring (bicyclic) bond motifs is 1. The predicted octanol–water partition coefficient (Wildman–Crippen LogP) is 2.56. The SMILES string of the molecule is O=C(Nc1nc2c(s1)CCCC2)N1CCN(S(=O)(=O)c2ccccc2)CC1. The quantitative estimate of drug-likeness (QED) is 0.849. The van der Waals surface area contributed by atoms with Crippen LogP contribution in [-0.4, -0.2) is 54.8 Å². The Kier molecular flexibility index (Phi) is 5.16. The van der Waals surface area contributed by atoms with Crippen LogP contribution in [-0.2, 0) is 22.9 Å². The topological polar surface area (TPSA) is 82.6 Å². The Bertz CT molecular complexity index is 896. The number of rotatable bonds is 3. The highest BCUT2D eigenvalue weighted by Gasteiger charge is 2.30. The Morgan fingerprint density at radius 2 is 1.74 bits per heavy atom. The molecule has 1 aromatic carbocycles. The summed E-state index contributed by atoms with van der Waals surface area (Å²) in [4.78, 5) is 20.3. The number of carbonyl (C=O) groups is 1. The summed E-state index contributed by atoms with van der Waals surface area (Å²) >= 11 is 1.55. The van der Waals surface area contributed by atoms with Gasteiger partial charge in [-0.25, -0.2) is 18.2 Å². The Hall–Kier alpha value is -1.97. The minimum Gasteiger partial charge on any atom is -0.322 e. The normalized spacial score (nSPS) is 18.1. The first kappa shape index (κ1) is 18.4. The molecule has 1 aliphatic carbocycles. The lowest BCUT2D eigenvalue weighted by Crippen LogP contribution is -2.51. The zero-order valence-corrected chi connectivity index (χ0v) is 16.6. The van der Waals surface area contributed by atoms with Gasteiger partial charge in [-0.3, -0.25) is 5.32 Å². The van der Waals surface area contributed by atoms with E-state index in [-0.39, 0.29) is 10.9 Å². The maximum atomic E-state index is 12.7. The van der Waals surface area contributed by atoms with Crippen LogP contribution in [0.2, 0.25) is 0 Å². The zero-order valence-electron chi connectivity index (χ0n) is 14.9. The standard InChI is InChI=1S/C18H22N4O3S2/c23-18(20-17-19-15-8-4-5-9-16(15)26-17)21-10-12-22(13-11-21)27(24,25)14-6-2-1-3-7-14/h1-3,6-7H,4-5,8-13H2,(H,19,20,23). The molecule has 0 radical (unpaired) electrons. The average Bonchev–Trinajstić information content (AvgIpc) is 3.11. The number of benzene rings is 1. The lowest BCUT2D eigenvalue weighted by molar-refractivity contribution is 0.184. The molecule has 0 bridgehead atoms. The second-order valence-electron chi connectivity index (χ2n) is 6.73. The van der Waals surface area contributed by atoms with Crippen LogP contribution in [0.15, 0.2) is 35.2 Å². The number of hydrogen-bond acceptors (Lipinski definition) is 5. The van der Waals surface area contributed by atoms with Gasteiger partial charge in [0.1, 0.15) is 0 Å². The predicted molar refractivity (Wildman–Crippen MR) is 105 cm³/mol.